The molecule has 1 saturated heterocycles. The van der Waals surface area contributed by atoms with Crippen molar-refractivity contribution < 1.29 is 36.4 Å². The maximum atomic E-state index is 14.3. The molecule has 7 atom stereocenters. The zero-order valence-corrected chi connectivity index (χ0v) is 32.4. The maximum Gasteiger partial charge on any atom is 0.315 e. The second-order valence-corrected chi connectivity index (χ2v) is 18.7. The van der Waals surface area contributed by atoms with E-state index in [9.17, 15) is 36.4 Å². The highest BCUT2D eigenvalue weighted by atomic mass is 32.2. The first kappa shape index (κ1) is 42.1. The Balaban J connectivity index is 1.81. The van der Waals surface area contributed by atoms with E-state index < -0.39 is 81.6 Å². The fourth-order valence-corrected chi connectivity index (χ4v) is 6.96. The van der Waals surface area contributed by atoms with Gasteiger partial charge in [0.1, 0.15) is 18.1 Å². The Kier molecular flexibility index (Phi) is 13.7. The average molecular weight is 741 g/mol. The van der Waals surface area contributed by atoms with Crippen molar-refractivity contribution in [1.29, 1.82) is 0 Å². The molecule has 1 aliphatic heterocycles. The summed E-state index contributed by atoms with van der Waals surface area (Å²) in [6.45, 7) is 14.9. The van der Waals surface area contributed by atoms with Crippen molar-refractivity contribution in [1.82, 2.24) is 30.5 Å². The number of halogens is 2. The molecule has 1 aromatic rings. The molecule has 4 N–H and O–H groups in total. The Morgan fingerprint density at radius 1 is 0.961 bits per heavy atom. The van der Waals surface area contributed by atoms with Crippen molar-refractivity contribution in [2.45, 2.75) is 117 Å². The number of hydrogen-bond donors (Lipinski definition) is 4. The molecular formula is C36H58F2N6O6S. The van der Waals surface area contributed by atoms with Gasteiger partial charge in [0.2, 0.25) is 34.2 Å². The lowest BCUT2D eigenvalue weighted by molar-refractivity contribution is -0.144. The molecule has 288 valence electrons. The summed E-state index contributed by atoms with van der Waals surface area (Å²) >= 11 is 0. The van der Waals surface area contributed by atoms with Gasteiger partial charge in [0.15, 0.2) is 0 Å². The first-order chi connectivity index (χ1) is 23.4. The number of benzene rings is 1. The van der Waals surface area contributed by atoms with Crippen LogP contribution in [0.1, 0.15) is 86.1 Å². The number of nitrogens with zero attached hydrogens (tertiary/aromatic N) is 2. The minimum atomic E-state index is -3.53. The van der Waals surface area contributed by atoms with Crippen LogP contribution in [0.4, 0.5) is 13.6 Å². The highest BCUT2D eigenvalue weighted by molar-refractivity contribution is 7.88. The van der Waals surface area contributed by atoms with E-state index >= 15 is 0 Å². The molecule has 15 heteroatoms. The smallest absolute Gasteiger partial charge is 0.315 e. The third kappa shape index (κ3) is 11.6. The second kappa shape index (κ2) is 16.6. The van der Waals surface area contributed by atoms with E-state index in [0.29, 0.717) is 12.8 Å². The van der Waals surface area contributed by atoms with Crippen LogP contribution < -0.4 is 21.3 Å². The molecule has 0 unspecified atom stereocenters. The van der Waals surface area contributed by atoms with E-state index in [1.807, 2.05) is 65.0 Å². The summed E-state index contributed by atoms with van der Waals surface area (Å²) < 4.78 is 52.9. The van der Waals surface area contributed by atoms with Gasteiger partial charge in [-0.1, -0.05) is 85.7 Å². The normalized spacial score (nSPS) is 22.8. The maximum absolute atomic E-state index is 14.3. The molecule has 2 aliphatic rings. The van der Waals surface area contributed by atoms with Crippen LogP contribution in [0, 0.1) is 22.7 Å². The quantitative estimate of drug-likeness (QED) is 0.228. The van der Waals surface area contributed by atoms with Crippen LogP contribution in [0.3, 0.4) is 0 Å². The summed E-state index contributed by atoms with van der Waals surface area (Å²) in [4.78, 5) is 56.5. The molecule has 1 heterocycles. The van der Waals surface area contributed by atoms with E-state index in [2.05, 4.69) is 21.3 Å². The molecule has 0 bridgehead atoms. The van der Waals surface area contributed by atoms with Gasteiger partial charge in [-0.25, -0.2) is 26.3 Å². The molecule has 5 amide bonds. The lowest BCUT2D eigenvalue weighted by Gasteiger charge is -2.38. The minimum Gasteiger partial charge on any atom is -0.351 e. The van der Waals surface area contributed by atoms with Crippen LogP contribution in [0.2, 0.25) is 0 Å². The number of nitrogens with one attached hydrogen (secondary N) is 4. The lowest BCUT2D eigenvalue weighted by Crippen LogP contribution is -2.62. The Morgan fingerprint density at radius 2 is 1.57 bits per heavy atom. The Hall–Kier alpha value is -3.33. The fraction of sp³-hybridized carbons (Fsp3) is 0.722. The van der Waals surface area contributed by atoms with Gasteiger partial charge in [0.05, 0.1) is 6.26 Å². The van der Waals surface area contributed by atoms with Crippen molar-refractivity contribution in [2.24, 2.45) is 22.7 Å². The van der Waals surface area contributed by atoms with E-state index in [4.69, 9.17) is 0 Å². The zero-order chi connectivity index (χ0) is 38.6. The van der Waals surface area contributed by atoms with Crippen LogP contribution in [0.15, 0.2) is 30.3 Å². The van der Waals surface area contributed by atoms with Crippen LogP contribution in [0.25, 0.3) is 0 Å². The second-order valence-electron chi connectivity index (χ2n) is 16.6. The van der Waals surface area contributed by atoms with E-state index in [1.165, 1.54) is 11.9 Å². The molecule has 2 fully saturated rings. The van der Waals surface area contributed by atoms with Gasteiger partial charge in [-0.2, -0.15) is 0 Å². The minimum absolute atomic E-state index is 0.00462. The molecule has 51 heavy (non-hydrogen) atoms. The molecule has 3 rings (SSSR count). The largest absolute Gasteiger partial charge is 0.351 e. The summed E-state index contributed by atoms with van der Waals surface area (Å²) in [6.07, 6.45) is -1.56. The molecule has 1 aromatic carbocycles. The van der Waals surface area contributed by atoms with Crippen LogP contribution in [-0.4, -0.2) is 104 Å². The lowest BCUT2D eigenvalue weighted by atomic mass is 9.84. The Labute approximate surface area is 302 Å². The number of urea groups is 1. The predicted octanol–water partition coefficient (Wildman–Crippen LogP) is 3.69. The van der Waals surface area contributed by atoms with Gasteiger partial charge >= 0.3 is 6.03 Å². The number of carbonyl (C=O) groups excluding carboxylic acids is 4. The third-order valence-corrected chi connectivity index (χ3v) is 11.3. The number of rotatable bonds is 14. The standard InChI is InChI=1S/C36H58F2N6O6S/c1-21(2)23-16-17-44(33(47)30(36(6,7)8)42-34(48)41-27(35(3,4)5)20-43(9)51(10,49)50)29(23)32(46)40-26(19-28(37)38)31(45)39-25-18-24(25)22-14-12-11-13-15-22/h11-15,21,23-30H,16-20H2,1-10H3,(H,39,45)(H,40,46)(H2,41,42,48)/t23-,24+,25+,26+,27-,29+,30-/m1/s1. The molecule has 1 saturated carbocycles. The van der Waals surface area contributed by atoms with E-state index in [-0.39, 0.29) is 36.9 Å². The third-order valence-electron chi connectivity index (χ3n) is 9.99. The van der Waals surface area contributed by atoms with Gasteiger partial charge in [-0.3, -0.25) is 14.4 Å². The molecular weight excluding hydrogens is 682 g/mol. The molecule has 0 aromatic heterocycles. The monoisotopic (exact) mass is 740 g/mol. The van der Waals surface area contributed by atoms with Crippen LogP contribution in [-0.2, 0) is 24.4 Å². The topological polar surface area (TPSA) is 157 Å². The number of likely N-dealkylation sites (N-methyl/N-ethyl adjacent to an activating group) is 1. The summed E-state index contributed by atoms with van der Waals surface area (Å²) in [5.74, 6) is -2.27. The number of likely N-dealkylation sites (tertiary alicyclic amines) is 1. The van der Waals surface area contributed by atoms with Crippen molar-refractivity contribution in [3.05, 3.63) is 35.9 Å². The summed E-state index contributed by atoms with van der Waals surface area (Å²) in [5.41, 5.74) is -0.351. The molecule has 0 spiro atoms. The van der Waals surface area contributed by atoms with Gasteiger partial charge in [-0.15, -0.1) is 0 Å². The SMILES string of the molecule is CC(C)[C@H]1CCN(C(=O)[C@@H](NC(=O)N[C@H](CN(C)S(C)(=O)=O)C(C)(C)C)C(C)(C)C)[C@@H]1C(=O)N[C@@H](CC(F)F)C(=O)N[C@H]1C[C@H]1c1ccccc1. The first-order valence-corrected chi connectivity index (χ1v) is 19.5. The van der Waals surface area contributed by atoms with E-state index in [1.54, 1.807) is 20.8 Å². The summed E-state index contributed by atoms with van der Waals surface area (Å²) in [5, 5.41) is 11.0. The molecule has 1 aliphatic carbocycles. The van der Waals surface area contributed by atoms with Crippen molar-refractivity contribution >= 4 is 33.8 Å². The van der Waals surface area contributed by atoms with E-state index in [0.717, 1.165) is 16.1 Å². The number of amides is 5. The number of sulfonamides is 1. The average Bonchev–Trinajstić information content (AvgIpc) is 3.61. The van der Waals surface area contributed by atoms with Gasteiger partial charge in [0.25, 0.3) is 0 Å². The van der Waals surface area contributed by atoms with Gasteiger partial charge in [0, 0.05) is 44.6 Å². The molecule has 12 nitrogen and oxygen atoms in total. The Bertz CT molecular complexity index is 1500. The highest BCUT2D eigenvalue weighted by Crippen LogP contribution is 2.41. The zero-order valence-electron chi connectivity index (χ0n) is 31.6. The van der Waals surface area contributed by atoms with Crippen molar-refractivity contribution in [3.63, 3.8) is 0 Å². The summed E-state index contributed by atoms with van der Waals surface area (Å²) in [7, 11) is -2.11. The predicted molar refractivity (Wildman–Crippen MR) is 192 cm³/mol. The van der Waals surface area contributed by atoms with Crippen LogP contribution in [0.5, 0.6) is 0 Å². The van der Waals surface area contributed by atoms with Gasteiger partial charge < -0.3 is 26.2 Å². The number of hydrogen-bond acceptors (Lipinski definition) is 6. The number of carbonyl (C=O) groups is 4. The van der Waals surface area contributed by atoms with Crippen molar-refractivity contribution in [2.75, 3.05) is 26.4 Å². The van der Waals surface area contributed by atoms with Gasteiger partial charge in [-0.05, 0) is 41.1 Å². The Morgan fingerprint density at radius 3 is 2.08 bits per heavy atom. The highest BCUT2D eigenvalue weighted by Gasteiger charge is 2.48. The summed E-state index contributed by atoms with van der Waals surface area (Å²) in [6, 6.07) is 4.31. The van der Waals surface area contributed by atoms with Crippen molar-refractivity contribution in [3.8, 4) is 0 Å². The number of alkyl halides is 2. The first-order valence-electron chi connectivity index (χ1n) is 17.6. The fourth-order valence-electron chi connectivity index (χ4n) is 6.54. The molecule has 0 radical (unpaired) electrons. The van der Waals surface area contributed by atoms with Crippen LogP contribution >= 0.6 is 0 Å².